The predicted octanol–water partition coefficient (Wildman–Crippen LogP) is -3.13. The van der Waals surface area contributed by atoms with Gasteiger partial charge < -0.3 is 34.3 Å². The summed E-state index contributed by atoms with van der Waals surface area (Å²) in [5.74, 6) is -0.914. The number of oxime groups is 1. The highest BCUT2D eigenvalue weighted by atomic mass is 127. The van der Waals surface area contributed by atoms with Gasteiger partial charge in [-0.05, 0) is 6.07 Å². The van der Waals surface area contributed by atoms with Crippen LogP contribution in [0.3, 0.4) is 0 Å². The average molecular weight is 308 g/mol. The van der Waals surface area contributed by atoms with Gasteiger partial charge in [-0.3, -0.25) is 0 Å². The summed E-state index contributed by atoms with van der Waals surface area (Å²) in [5, 5.41) is 19.6. The van der Waals surface area contributed by atoms with Crippen LogP contribution >= 0.6 is 0 Å². The van der Waals surface area contributed by atoms with Gasteiger partial charge in [-0.2, -0.15) is 4.57 Å². The number of pyridine rings is 1. The van der Waals surface area contributed by atoms with Crippen molar-refractivity contribution in [2.75, 3.05) is 0 Å². The van der Waals surface area contributed by atoms with Crippen molar-refractivity contribution in [3.63, 3.8) is 0 Å². The van der Waals surface area contributed by atoms with Gasteiger partial charge in [0.05, 0.1) is 11.8 Å². The average Bonchev–Trinajstić information content (AvgIpc) is 2.04. The zero-order valence-corrected chi connectivity index (χ0v) is 9.33. The quantitative estimate of drug-likeness (QED) is 0.204. The molecule has 5 nitrogen and oxygen atoms in total. The SMILES string of the molecule is O=C(O)C[n+]1cccc(/C=N/O)c1.[I-]. The Kier molecular flexibility index (Phi) is 5.77. The van der Waals surface area contributed by atoms with Crippen molar-refractivity contribution >= 4 is 12.2 Å². The van der Waals surface area contributed by atoms with Gasteiger partial charge in [0.25, 0.3) is 0 Å². The van der Waals surface area contributed by atoms with Crippen LogP contribution in [0.4, 0.5) is 0 Å². The molecule has 0 atom stereocenters. The zero-order valence-electron chi connectivity index (χ0n) is 7.17. The number of aliphatic carboxylic acids is 1. The number of halogens is 1. The summed E-state index contributed by atoms with van der Waals surface area (Å²) in [7, 11) is 0. The second-order valence-corrected chi connectivity index (χ2v) is 2.45. The molecular formula is C8H9IN2O3. The molecule has 0 fully saturated rings. The second-order valence-electron chi connectivity index (χ2n) is 2.45. The van der Waals surface area contributed by atoms with Gasteiger partial charge in [0, 0.05) is 6.07 Å². The van der Waals surface area contributed by atoms with E-state index in [0.717, 1.165) is 0 Å². The van der Waals surface area contributed by atoms with Crippen LogP contribution in [0.5, 0.6) is 0 Å². The van der Waals surface area contributed by atoms with E-state index >= 15 is 0 Å². The van der Waals surface area contributed by atoms with Crippen LogP contribution in [0.25, 0.3) is 0 Å². The lowest BCUT2D eigenvalue weighted by molar-refractivity contribution is -0.685. The minimum atomic E-state index is -0.914. The number of carboxylic acids is 1. The largest absolute Gasteiger partial charge is 1.00 e. The standard InChI is InChI=1S/C8H8N2O3.HI/c11-8(12)6-10-3-1-2-7(5-10)4-9-13;/h1-5H,6H2,(H-,11,12,13);1H/b9-4+;. The van der Waals surface area contributed by atoms with Crippen LogP contribution in [0.1, 0.15) is 5.56 Å². The van der Waals surface area contributed by atoms with Crippen molar-refractivity contribution in [3.8, 4) is 0 Å². The van der Waals surface area contributed by atoms with Crippen LogP contribution in [-0.2, 0) is 11.3 Å². The minimum absolute atomic E-state index is 0. The van der Waals surface area contributed by atoms with Crippen LogP contribution in [0.15, 0.2) is 29.7 Å². The molecule has 0 saturated carbocycles. The third kappa shape index (κ3) is 4.17. The molecule has 0 saturated heterocycles. The van der Waals surface area contributed by atoms with Crippen molar-refractivity contribution in [1.82, 2.24) is 0 Å². The summed E-state index contributed by atoms with van der Waals surface area (Å²) in [6.07, 6.45) is 4.44. The van der Waals surface area contributed by atoms with Gasteiger partial charge in [-0.15, -0.1) is 0 Å². The Morgan fingerprint density at radius 3 is 2.93 bits per heavy atom. The Bertz CT molecular complexity index is 341. The van der Waals surface area contributed by atoms with E-state index in [1.807, 2.05) is 0 Å². The number of hydrogen-bond donors (Lipinski definition) is 2. The molecule has 0 aliphatic heterocycles. The lowest BCUT2D eigenvalue weighted by atomic mass is 10.3. The number of nitrogens with zero attached hydrogens (tertiary/aromatic N) is 2. The van der Waals surface area contributed by atoms with Crippen molar-refractivity contribution in [3.05, 3.63) is 30.1 Å². The molecule has 0 bridgehead atoms. The lowest BCUT2D eigenvalue weighted by Gasteiger charge is -1.92. The maximum absolute atomic E-state index is 10.3. The zero-order chi connectivity index (χ0) is 9.68. The van der Waals surface area contributed by atoms with E-state index in [2.05, 4.69) is 5.16 Å². The fourth-order valence-electron chi connectivity index (χ4n) is 0.940. The molecule has 76 valence electrons. The first-order valence-corrected chi connectivity index (χ1v) is 3.60. The number of carboxylic acid groups (broad SMARTS) is 1. The summed E-state index contributed by atoms with van der Waals surface area (Å²) in [5.41, 5.74) is 0.645. The summed E-state index contributed by atoms with van der Waals surface area (Å²) in [4.78, 5) is 10.3. The summed E-state index contributed by atoms with van der Waals surface area (Å²) in [6.45, 7) is -0.104. The molecule has 0 amide bonds. The fourth-order valence-corrected chi connectivity index (χ4v) is 0.940. The highest BCUT2D eigenvalue weighted by molar-refractivity contribution is 5.77. The molecule has 0 aliphatic carbocycles. The second kappa shape index (κ2) is 6.30. The Morgan fingerprint density at radius 1 is 1.64 bits per heavy atom. The van der Waals surface area contributed by atoms with Gasteiger partial charge in [0.15, 0.2) is 12.4 Å². The van der Waals surface area contributed by atoms with Crippen molar-refractivity contribution in [2.45, 2.75) is 6.54 Å². The van der Waals surface area contributed by atoms with Crippen LogP contribution in [0.2, 0.25) is 0 Å². The maximum atomic E-state index is 10.3. The molecule has 0 radical (unpaired) electrons. The van der Waals surface area contributed by atoms with E-state index in [-0.39, 0.29) is 30.5 Å². The molecule has 1 aromatic heterocycles. The van der Waals surface area contributed by atoms with Gasteiger partial charge >= 0.3 is 5.97 Å². The van der Waals surface area contributed by atoms with E-state index < -0.39 is 5.97 Å². The summed E-state index contributed by atoms with van der Waals surface area (Å²) < 4.78 is 1.49. The van der Waals surface area contributed by atoms with Crippen molar-refractivity contribution in [2.24, 2.45) is 5.16 Å². The molecule has 2 N–H and O–H groups in total. The Hall–Kier alpha value is -1.18. The highest BCUT2D eigenvalue weighted by Gasteiger charge is 2.06. The van der Waals surface area contributed by atoms with Gasteiger partial charge in [-0.1, -0.05) is 5.16 Å². The molecule has 14 heavy (non-hydrogen) atoms. The number of hydrogen-bond acceptors (Lipinski definition) is 3. The van der Waals surface area contributed by atoms with E-state index in [1.165, 1.54) is 10.8 Å². The Labute approximate surface area is 97.7 Å². The predicted molar refractivity (Wildman–Crippen MR) is 43.7 cm³/mol. The molecule has 0 spiro atoms. The first-order chi connectivity index (χ1) is 6.22. The highest BCUT2D eigenvalue weighted by Crippen LogP contribution is 1.88. The van der Waals surface area contributed by atoms with Gasteiger partial charge in [-0.25, -0.2) is 4.79 Å². The summed E-state index contributed by atoms with van der Waals surface area (Å²) >= 11 is 0. The third-order valence-electron chi connectivity index (χ3n) is 1.41. The minimum Gasteiger partial charge on any atom is -1.00 e. The lowest BCUT2D eigenvalue weighted by Crippen LogP contribution is -3.00. The maximum Gasteiger partial charge on any atom is 0.370 e. The van der Waals surface area contributed by atoms with Crippen LogP contribution in [0, 0.1) is 0 Å². The van der Waals surface area contributed by atoms with Gasteiger partial charge in [0.1, 0.15) is 0 Å². The number of aromatic nitrogens is 1. The van der Waals surface area contributed by atoms with E-state index in [9.17, 15) is 4.79 Å². The number of carbonyl (C=O) groups is 1. The summed E-state index contributed by atoms with van der Waals surface area (Å²) in [6, 6.07) is 3.39. The molecule has 1 aromatic rings. The number of rotatable bonds is 3. The monoisotopic (exact) mass is 308 g/mol. The Morgan fingerprint density at radius 2 is 2.36 bits per heavy atom. The van der Waals surface area contributed by atoms with Crippen LogP contribution < -0.4 is 28.5 Å². The first kappa shape index (κ1) is 12.8. The van der Waals surface area contributed by atoms with E-state index in [4.69, 9.17) is 10.3 Å². The molecule has 1 rings (SSSR count). The molecule has 1 heterocycles. The van der Waals surface area contributed by atoms with E-state index in [0.29, 0.717) is 5.56 Å². The van der Waals surface area contributed by atoms with Crippen LogP contribution in [-0.4, -0.2) is 22.5 Å². The molecular weight excluding hydrogens is 299 g/mol. The third-order valence-corrected chi connectivity index (χ3v) is 1.41. The van der Waals surface area contributed by atoms with Gasteiger partial charge in [0.2, 0.25) is 6.54 Å². The molecule has 0 aromatic carbocycles. The fraction of sp³-hybridized carbons (Fsp3) is 0.125. The molecule has 0 aliphatic rings. The molecule has 6 heteroatoms. The smallest absolute Gasteiger partial charge is 0.370 e. The normalized spacial score (nSPS) is 9.71. The first-order valence-electron chi connectivity index (χ1n) is 3.60. The van der Waals surface area contributed by atoms with Crippen molar-refractivity contribution < 1.29 is 43.7 Å². The topological polar surface area (TPSA) is 73.8 Å². The Balaban J connectivity index is 0.00000169. The van der Waals surface area contributed by atoms with Crippen molar-refractivity contribution in [1.29, 1.82) is 0 Å². The molecule has 0 unspecified atom stereocenters. The van der Waals surface area contributed by atoms with E-state index in [1.54, 1.807) is 24.5 Å².